The predicted octanol–water partition coefficient (Wildman–Crippen LogP) is 3.51. The van der Waals surface area contributed by atoms with Gasteiger partial charge in [-0.1, -0.05) is 29.8 Å². The minimum atomic E-state index is -0.367. The maximum Gasteiger partial charge on any atom is 0.271 e. The van der Waals surface area contributed by atoms with E-state index in [-0.39, 0.29) is 5.91 Å². The lowest BCUT2D eigenvalue weighted by Gasteiger charge is -2.08. The summed E-state index contributed by atoms with van der Waals surface area (Å²) in [5, 5.41) is 4.67. The van der Waals surface area contributed by atoms with E-state index in [0.717, 1.165) is 5.56 Å². The van der Waals surface area contributed by atoms with Gasteiger partial charge in [0.25, 0.3) is 5.91 Å². The Morgan fingerprint density at radius 1 is 1.09 bits per heavy atom. The van der Waals surface area contributed by atoms with E-state index in [1.54, 1.807) is 31.2 Å². The Hall–Kier alpha value is -2.53. The monoisotopic (exact) mass is 332 g/mol. The first-order valence-electron chi connectivity index (χ1n) is 6.87. The molecule has 0 saturated carbocycles. The van der Waals surface area contributed by atoms with Crippen LogP contribution in [0.1, 0.15) is 22.8 Å². The van der Waals surface area contributed by atoms with Gasteiger partial charge in [-0.2, -0.15) is 5.10 Å². The summed E-state index contributed by atoms with van der Waals surface area (Å²) in [6, 6.07) is 12.2. The van der Waals surface area contributed by atoms with Crippen LogP contribution in [0.2, 0.25) is 5.02 Å². The molecule has 0 fully saturated rings. The van der Waals surface area contributed by atoms with Crippen LogP contribution in [0, 0.1) is 0 Å². The number of halogens is 1. The number of hydrazone groups is 1. The third kappa shape index (κ3) is 4.23. The average molecular weight is 333 g/mol. The number of benzene rings is 2. The Morgan fingerprint density at radius 3 is 2.26 bits per heavy atom. The molecule has 0 spiro atoms. The van der Waals surface area contributed by atoms with Gasteiger partial charge in [-0.3, -0.25) is 4.79 Å². The molecule has 0 aromatic heterocycles. The van der Waals surface area contributed by atoms with Gasteiger partial charge >= 0.3 is 0 Å². The van der Waals surface area contributed by atoms with Gasteiger partial charge in [0.15, 0.2) is 0 Å². The lowest BCUT2D eigenvalue weighted by Crippen LogP contribution is -2.19. The van der Waals surface area contributed by atoms with Crippen molar-refractivity contribution < 1.29 is 14.3 Å². The SMILES string of the molecule is COc1cc(OC)cc(C(=O)N/N=C(/C)c2ccccc2Cl)c1. The summed E-state index contributed by atoms with van der Waals surface area (Å²) in [6.45, 7) is 1.77. The van der Waals surface area contributed by atoms with Crippen molar-refractivity contribution >= 4 is 23.2 Å². The fraction of sp³-hybridized carbons (Fsp3) is 0.176. The normalized spacial score (nSPS) is 11.0. The molecule has 6 heteroatoms. The minimum absolute atomic E-state index is 0.367. The van der Waals surface area contributed by atoms with Crippen LogP contribution in [0.3, 0.4) is 0 Å². The maximum absolute atomic E-state index is 12.2. The molecular weight excluding hydrogens is 316 g/mol. The van der Waals surface area contributed by atoms with Crippen LogP contribution < -0.4 is 14.9 Å². The summed E-state index contributed by atoms with van der Waals surface area (Å²) < 4.78 is 10.3. The number of methoxy groups -OCH3 is 2. The van der Waals surface area contributed by atoms with Crippen molar-refractivity contribution in [3.05, 3.63) is 58.6 Å². The number of hydrogen-bond acceptors (Lipinski definition) is 4. The molecule has 0 heterocycles. The lowest BCUT2D eigenvalue weighted by atomic mass is 10.1. The molecule has 0 saturated heterocycles. The number of amides is 1. The molecule has 1 N–H and O–H groups in total. The fourth-order valence-electron chi connectivity index (χ4n) is 1.95. The number of carbonyl (C=O) groups excluding carboxylic acids is 1. The van der Waals surface area contributed by atoms with E-state index in [1.165, 1.54) is 14.2 Å². The molecule has 2 aromatic carbocycles. The zero-order valence-electron chi connectivity index (χ0n) is 13.1. The number of nitrogens with one attached hydrogen (secondary N) is 1. The molecule has 2 rings (SSSR count). The summed E-state index contributed by atoms with van der Waals surface area (Å²) >= 11 is 6.10. The van der Waals surface area contributed by atoms with E-state index < -0.39 is 0 Å². The first-order valence-corrected chi connectivity index (χ1v) is 7.25. The van der Waals surface area contributed by atoms with Crippen molar-refractivity contribution in [3.63, 3.8) is 0 Å². The van der Waals surface area contributed by atoms with E-state index in [9.17, 15) is 4.79 Å². The van der Waals surface area contributed by atoms with Gasteiger partial charge in [0.05, 0.1) is 19.9 Å². The van der Waals surface area contributed by atoms with Gasteiger partial charge in [0.1, 0.15) is 11.5 Å². The first-order chi connectivity index (χ1) is 11.0. The van der Waals surface area contributed by atoms with Crippen LogP contribution in [0.4, 0.5) is 0 Å². The summed E-state index contributed by atoms with van der Waals surface area (Å²) in [5.74, 6) is 0.691. The van der Waals surface area contributed by atoms with Crippen LogP contribution in [0.25, 0.3) is 0 Å². The van der Waals surface area contributed by atoms with Gasteiger partial charge in [-0.15, -0.1) is 0 Å². The van der Waals surface area contributed by atoms with E-state index >= 15 is 0 Å². The highest BCUT2D eigenvalue weighted by Gasteiger charge is 2.10. The zero-order valence-corrected chi connectivity index (χ0v) is 13.8. The van der Waals surface area contributed by atoms with Gasteiger partial charge in [0.2, 0.25) is 0 Å². The summed E-state index contributed by atoms with van der Waals surface area (Å²) in [7, 11) is 3.05. The largest absolute Gasteiger partial charge is 0.497 e. The van der Waals surface area contributed by atoms with Crippen LogP contribution in [0.15, 0.2) is 47.6 Å². The number of ether oxygens (including phenoxy) is 2. The fourth-order valence-corrected chi connectivity index (χ4v) is 2.23. The van der Waals surface area contributed by atoms with E-state index in [1.807, 2.05) is 18.2 Å². The lowest BCUT2D eigenvalue weighted by molar-refractivity contribution is 0.0954. The van der Waals surface area contributed by atoms with Crippen molar-refractivity contribution in [3.8, 4) is 11.5 Å². The van der Waals surface area contributed by atoms with Crippen LogP contribution in [0.5, 0.6) is 11.5 Å². The number of rotatable bonds is 5. The quantitative estimate of drug-likeness (QED) is 0.673. The van der Waals surface area contributed by atoms with E-state index in [4.69, 9.17) is 21.1 Å². The molecule has 1 amide bonds. The van der Waals surface area contributed by atoms with Crippen molar-refractivity contribution in [1.29, 1.82) is 0 Å². The van der Waals surface area contributed by atoms with Crippen LogP contribution >= 0.6 is 11.6 Å². The Kier molecular flexibility index (Phi) is 5.60. The molecule has 0 aliphatic carbocycles. The maximum atomic E-state index is 12.2. The second-order valence-corrected chi connectivity index (χ2v) is 5.13. The molecule has 0 atom stereocenters. The third-order valence-electron chi connectivity index (χ3n) is 3.20. The molecule has 0 bridgehead atoms. The number of nitrogens with zero attached hydrogens (tertiary/aromatic N) is 1. The molecular formula is C17H17ClN2O3. The molecule has 5 nitrogen and oxygen atoms in total. The molecule has 0 unspecified atom stereocenters. The first kappa shape index (κ1) is 16.8. The Morgan fingerprint density at radius 2 is 1.70 bits per heavy atom. The Bertz CT molecular complexity index is 722. The van der Waals surface area contributed by atoms with Crippen LogP contribution in [-0.4, -0.2) is 25.8 Å². The average Bonchev–Trinajstić information content (AvgIpc) is 2.59. The molecule has 23 heavy (non-hydrogen) atoms. The topological polar surface area (TPSA) is 59.9 Å². The number of carbonyl (C=O) groups is 1. The van der Waals surface area contributed by atoms with Crippen molar-refractivity contribution in [2.24, 2.45) is 5.10 Å². The summed E-state index contributed by atoms with van der Waals surface area (Å²) in [4.78, 5) is 12.2. The Labute approximate surface area is 139 Å². The second kappa shape index (κ2) is 7.65. The molecule has 120 valence electrons. The van der Waals surface area contributed by atoms with Crippen molar-refractivity contribution in [2.75, 3.05) is 14.2 Å². The van der Waals surface area contributed by atoms with E-state index in [0.29, 0.717) is 27.8 Å². The molecule has 0 aliphatic heterocycles. The number of hydrogen-bond donors (Lipinski definition) is 1. The molecule has 0 radical (unpaired) electrons. The molecule has 2 aromatic rings. The van der Waals surface area contributed by atoms with Crippen molar-refractivity contribution in [1.82, 2.24) is 5.43 Å². The highest BCUT2D eigenvalue weighted by molar-refractivity contribution is 6.34. The smallest absolute Gasteiger partial charge is 0.271 e. The van der Waals surface area contributed by atoms with Gasteiger partial charge in [0, 0.05) is 22.2 Å². The van der Waals surface area contributed by atoms with Gasteiger partial charge in [-0.05, 0) is 25.1 Å². The summed E-state index contributed by atoms with van der Waals surface area (Å²) in [6.07, 6.45) is 0. The highest BCUT2D eigenvalue weighted by atomic mass is 35.5. The summed E-state index contributed by atoms with van der Waals surface area (Å²) in [5.41, 5.74) is 4.26. The van der Waals surface area contributed by atoms with Gasteiger partial charge in [-0.25, -0.2) is 5.43 Å². The zero-order chi connectivity index (χ0) is 16.8. The van der Waals surface area contributed by atoms with Crippen molar-refractivity contribution in [2.45, 2.75) is 6.92 Å². The van der Waals surface area contributed by atoms with Crippen LogP contribution in [-0.2, 0) is 0 Å². The minimum Gasteiger partial charge on any atom is -0.497 e. The van der Waals surface area contributed by atoms with E-state index in [2.05, 4.69) is 10.5 Å². The molecule has 0 aliphatic rings. The second-order valence-electron chi connectivity index (χ2n) is 4.72. The third-order valence-corrected chi connectivity index (χ3v) is 3.53. The van der Waals surface area contributed by atoms with Gasteiger partial charge < -0.3 is 9.47 Å². The predicted molar refractivity (Wildman–Crippen MR) is 90.7 cm³/mol. The standard InChI is InChI=1S/C17H17ClN2O3/c1-11(15-6-4-5-7-16(15)18)19-20-17(21)12-8-13(22-2)10-14(9-12)23-3/h4-10H,1-3H3,(H,20,21)/b19-11-. The highest BCUT2D eigenvalue weighted by Crippen LogP contribution is 2.22. The Balaban J connectivity index is 2.19.